The molecule has 2 aromatic heterocycles. The summed E-state index contributed by atoms with van der Waals surface area (Å²) in [6.07, 6.45) is 11.2. The minimum atomic E-state index is 0.606. The van der Waals surface area contributed by atoms with Crippen molar-refractivity contribution < 1.29 is 0 Å². The maximum atomic E-state index is 4.82. The molecule has 0 bridgehead atoms. The molecule has 2 heterocycles. The molecule has 4 rings (SSSR count). The lowest BCUT2D eigenvalue weighted by molar-refractivity contribution is 0.322. The molecule has 1 aliphatic carbocycles. The molecule has 5 nitrogen and oxygen atoms in total. The molecule has 0 saturated heterocycles. The van der Waals surface area contributed by atoms with Crippen LogP contribution in [-0.2, 0) is 0 Å². The first kappa shape index (κ1) is 15.6. The lowest BCUT2D eigenvalue weighted by Gasteiger charge is -2.34. The Hall–Kier alpha value is -2.95. The molecule has 0 unspecified atom stereocenters. The fraction of sp³-hybridized carbons (Fsp3) is 0.250. The maximum absolute atomic E-state index is 4.82. The molecule has 1 aliphatic rings. The first-order chi connectivity index (χ1) is 12.3. The van der Waals surface area contributed by atoms with E-state index in [1.807, 2.05) is 28.7 Å². The Balaban J connectivity index is 1.93. The van der Waals surface area contributed by atoms with E-state index in [1.165, 1.54) is 19.3 Å². The van der Waals surface area contributed by atoms with E-state index >= 15 is 0 Å². The van der Waals surface area contributed by atoms with E-state index in [9.17, 15) is 0 Å². The first-order valence-electron chi connectivity index (χ1n) is 8.63. The molecule has 5 heteroatoms. The van der Waals surface area contributed by atoms with Crippen molar-refractivity contribution in [2.75, 3.05) is 11.4 Å². The van der Waals surface area contributed by atoms with Gasteiger partial charge in [-0.15, -0.1) is 10.2 Å². The van der Waals surface area contributed by atoms with Gasteiger partial charge in [0, 0.05) is 17.6 Å². The van der Waals surface area contributed by atoms with Gasteiger partial charge in [-0.2, -0.15) is 4.98 Å². The van der Waals surface area contributed by atoms with Crippen LogP contribution < -0.4 is 4.90 Å². The van der Waals surface area contributed by atoms with Gasteiger partial charge in [-0.05, 0) is 43.0 Å². The van der Waals surface area contributed by atoms with Crippen molar-refractivity contribution in [2.45, 2.75) is 19.3 Å². The van der Waals surface area contributed by atoms with Gasteiger partial charge in [0.25, 0.3) is 5.78 Å². The molecule has 0 N–H and O–H groups in total. The number of aromatic nitrogens is 4. The smallest absolute Gasteiger partial charge is 0.257 e. The van der Waals surface area contributed by atoms with Crippen LogP contribution in [0.15, 0.2) is 67.7 Å². The quantitative estimate of drug-likeness (QED) is 0.637. The number of hydrogen-bond acceptors (Lipinski definition) is 4. The highest BCUT2D eigenvalue weighted by atomic mass is 15.3. The van der Waals surface area contributed by atoms with Gasteiger partial charge in [0.15, 0.2) is 0 Å². The Kier molecular flexibility index (Phi) is 4.06. The summed E-state index contributed by atoms with van der Waals surface area (Å²) >= 11 is 0. The number of anilines is 1. The highest BCUT2D eigenvalue weighted by Crippen LogP contribution is 2.33. The molecule has 25 heavy (non-hydrogen) atoms. The zero-order chi connectivity index (χ0) is 17.2. The maximum Gasteiger partial charge on any atom is 0.257 e. The predicted octanol–water partition coefficient (Wildman–Crippen LogP) is 4.14. The lowest BCUT2D eigenvalue weighted by atomic mass is 9.85. The third-order valence-corrected chi connectivity index (χ3v) is 4.87. The molecular formula is C20H21N5. The summed E-state index contributed by atoms with van der Waals surface area (Å²) in [6, 6.07) is 8.23. The summed E-state index contributed by atoms with van der Waals surface area (Å²) in [6.45, 7) is 8.76. The monoisotopic (exact) mass is 331 g/mol. The van der Waals surface area contributed by atoms with Crippen molar-refractivity contribution in [3.8, 4) is 0 Å². The third-order valence-electron chi connectivity index (χ3n) is 4.87. The Morgan fingerprint density at radius 3 is 2.84 bits per heavy atom. The molecule has 3 aromatic rings. The second-order valence-electron chi connectivity index (χ2n) is 6.39. The minimum Gasteiger partial charge on any atom is -0.325 e. The van der Waals surface area contributed by atoms with Crippen LogP contribution in [-0.4, -0.2) is 26.1 Å². The van der Waals surface area contributed by atoms with E-state index in [0.29, 0.717) is 11.7 Å². The van der Waals surface area contributed by atoms with Crippen LogP contribution >= 0.6 is 0 Å². The highest BCUT2D eigenvalue weighted by Gasteiger charge is 2.24. The minimum absolute atomic E-state index is 0.606. The van der Waals surface area contributed by atoms with Crippen LogP contribution in [0.5, 0.6) is 0 Å². The summed E-state index contributed by atoms with van der Waals surface area (Å²) in [7, 11) is 0. The zero-order valence-corrected chi connectivity index (χ0v) is 14.2. The number of allylic oxidation sites excluding steroid dienone is 3. The molecule has 126 valence electrons. The van der Waals surface area contributed by atoms with E-state index in [1.54, 1.807) is 12.4 Å². The van der Waals surface area contributed by atoms with Crippen molar-refractivity contribution in [1.82, 2.24) is 19.6 Å². The predicted molar refractivity (Wildman–Crippen MR) is 101 cm³/mol. The number of rotatable bonds is 6. The molecule has 1 saturated carbocycles. The van der Waals surface area contributed by atoms with Crippen LogP contribution in [0.3, 0.4) is 0 Å². The zero-order valence-electron chi connectivity index (χ0n) is 14.2. The van der Waals surface area contributed by atoms with Gasteiger partial charge in [0.05, 0.1) is 5.52 Å². The second kappa shape index (κ2) is 6.51. The second-order valence-corrected chi connectivity index (χ2v) is 6.39. The average Bonchev–Trinajstić information content (AvgIpc) is 3.08. The summed E-state index contributed by atoms with van der Waals surface area (Å²) in [4.78, 5) is 7.06. The van der Waals surface area contributed by atoms with Crippen LogP contribution in [0.2, 0.25) is 0 Å². The number of nitrogens with zero attached hydrogens (tertiary/aromatic N) is 5. The topological polar surface area (TPSA) is 46.3 Å². The Morgan fingerprint density at radius 1 is 1.28 bits per heavy atom. The SMILES string of the molecule is C=C/C=C(\C=C)N(CC1CCC1)c1nc2nncn2c2ccccc12. The molecule has 0 amide bonds. The van der Waals surface area contributed by atoms with E-state index in [2.05, 4.69) is 40.4 Å². The van der Waals surface area contributed by atoms with Crippen LogP contribution in [0, 0.1) is 5.92 Å². The molecule has 1 fully saturated rings. The van der Waals surface area contributed by atoms with Crippen molar-refractivity contribution in [1.29, 1.82) is 0 Å². The number of para-hydroxylation sites is 1. The standard InChI is InChI=1S/C20H21N5/c1-3-8-16(4-2)24(13-15-9-7-10-15)19-17-11-5-6-12-18(17)25-14-21-23-20(25)22-19/h3-6,8,11-12,14-15H,1-2,7,9-10,13H2/b16-8+. The molecule has 0 spiro atoms. The van der Waals surface area contributed by atoms with Gasteiger partial charge in [0.2, 0.25) is 0 Å². The third kappa shape index (κ3) is 2.71. The van der Waals surface area contributed by atoms with Gasteiger partial charge >= 0.3 is 0 Å². The van der Waals surface area contributed by atoms with Gasteiger partial charge in [0.1, 0.15) is 12.1 Å². The summed E-state index contributed by atoms with van der Waals surface area (Å²) in [5.74, 6) is 2.19. The van der Waals surface area contributed by atoms with E-state index in [-0.39, 0.29) is 0 Å². The Bertz CT molecular complexity index is 965. The molecule has 1 aromatic carbocycles. The normalized spacial score (nSPS) is 15.3. The molecule has 0 aliphatic heterocycles. The number of fused-ring (bicyclic) bond motifs is 3. The molecule has 0 atom stereocenters. The average molecular weight is 331 g/mol. The lowest BCUT2D eigenvalue weighted by Crippen LogP contribution is -2.32. The number of hydrogen-bond donors (Lipinski definition) is 0. The van der Waals surface area contributed by atoms with Crippen LogP contribution in [0.1, 0.15) is 19.3 Å². The summed E-state index contributed by atoms with van der Waals surface area (Å²) in [5.41, 5.74) is 2.05. The fourth-order valence-corrected chi connectivity index (χ4v) is 3.35. The summed E-state index contributed by atoms with van der Waals surface area (Å²) in [5, 5.41) is 9.26. The van der Waals surface area contributed by atoms with Gasteiger partial charge in [-0.1, -0.05) is 37.8 Å². The molecule has 0 radical (unpaired) electrons. The van der Waals surface area contributed by atoms with Crippen molar-refractivity contribution >= 4 is 22.5 Å². The van der Waals surface area contributed by atoms with E-state index in [0.717, 1.165) is 29.0 Å². The Labute approximate surface area is 147 Å². The Morgan fingerprint density at radius 2 is 2.12 bits per heavy atom. The van der Waals surface area contributed by atoms with E-state index < -0.39 is 0 Å². The van der Waals surface area contributed by atoms with E-state index in [4.69, 9.17) is 4.98 Å². The van der Waals surface area contributed by atoms with Gasteiger partial charge in [-0.3, -0.25) is 4.40 Å². The summed E-state index contributed by atoms with van der Waals surface area (Å²) < 4.78 is 1.92. The van der Waals surface area contributed by atoms with Crippen molar-refractivity contribution in [3.05, 3.63) is 67.7 Å². The van der Waals surface area contributed by atoms with Crippen LogP contribution in [0.4, 0.5) is 5.82 Å². The first-order valence-corrected chi connectivity index (χ1v) is 8.63. The highest BCUT2D eigenvalue weighted by molar-refractivity contribution is 5.92. The van der Waals surface area contributed by atoms with Crippen molar-refractivity contribution in [2.24, 2.45) is 5.92 Å². The molecular weight excluding hydrogens is 310 g/mol. The van der Waals surface area contributed by atoms with Gasteiger partial charge in [-0.25, -0.2) is 0 Å². The fourth-order valence-electron chi connectivity index (χ4n) is 3.35. The number of benzene rings is 1. The van der Waals surface area contributed by atoms with Gasteiger partial charge < -0.3 is 4.90 Å². The largest absolute Gasteiger partial charge is 0.325 e. The van der Waals surface area contributed by atoms with Crippen LogP contribution in [0.25, 0.3) is 16.7 Å². The van der Waals surface area contributed by atoms with Crippen molar-refractivity contribution in [3.63, 3.8) is 0 Å².